The van der Waals surface area contributed by atoms with Crippen molar-refractivity contribution in [2.45, 2.75) is 6.92 Å². The molecule has 0 unspecified atom stereocenters. The van der Waals surface area contributed by atoms with Crippen LogP contribution in [0.1, 0.15) is 6.92 Å². The van der Waals surface area contributed by atoms with Crippen molar-refractivity contribution in [3.63, 3.8) is 0 Å². The topological polar surface area (TPSA) is 26.7 Å². The smallest absolute Gasteiger partial charge is 0.0206 e. The van der Waals surface area contributed by atoms with Crippen LogP contribution in [-0.2, 0) is 0 Å². The number of hydrogen-bond acceptors (Lipinski definition) is 3. The van der Waals surface area contributed by atoms with Crippen LogP contribution in [0.25, 0.3) is 0 Å². The number of rotatable bonds is 1. The molecule has 0 aliphatic heterocycles. The summed E-state index contributed by atoms with van der Waals surface area (Å²) in [5, 5.41) is 9.32. The van der Waals surface area contributed by atoms with E-state index in [0.29, 0.717) is 6.54 Å². The summed E-state index contributed by atoms with van der Waals surface area (Å²) >= 11 is 0. The fourth-order valence-corrected chi connectivity index (χ4v) is 0. The van der Waals surface area contributed by atoms with Crippen molar-refractivity contribution >= 4 is 0 Å². The summed E-state index contributed by atoms with van der Waals surface area (Å²) in [7, 11) is 7.61. The largest absolute Gasteiger partial charge is 0.314 e. The van der Waals surface area contributed by atoms with Crippen molar-refractivity contribution in [1.82, 2.24) is 9.96 Å². The van der Waals surface area contributed by atoms with Crippen LogP contribution in [-0.4, -0.2) is 49.9 Å². The van der Waals surface area contributed by atoms with Crippen molar-refractivity contribution in [3.05, 3.63) is 0 Å². The lowest BCUT2D eigenvalue weighted by molar-refractivity contribution is -0.0596. The van der Waals surface area contributed by atoms with Gasteiger partial charge in [0.25, 0.3) is 0 Å². The Kier molecular flexibility index (Phi) is 10.2. The Labute approximate surface area is 57.8 Å². The van der Waals surface area contributed by atoms with Gasteiger partial charge < -0.3 is 10.1 Å². The van der Waals surface area contributed by atoms with E-state index < -0.39 is 0 Å². The van der Waals surface area contributed by atoms with Gasteiger partial charge >= 0.3 is 0 Å². The molecule has 58 valence electrons. The normalized spacial score (nSPS) is 9.33. The molecule has 3 nitrogen and oxygen atoms in total. The van der Waals surface area contributed by atoms with Gasteiger partial charge in [0.15, 0.2) is 0 Å². The van der Waals surface area contributed by atoms with E-state index >= 15 is 0 Å². The summed E-state index contributed by atoms with van der Waals surface area (Å²) in [4.78, 5) is 2.00. The Morgan fingerprint density at radius 2 is 1.22 bits per heavy atom. The molecular weight excluding hydrogens is 116 g/mol. The minimum atomic E-state index is 0.694. The second kappa shape index (κ2) is 7.88. The Balaban J connectivity index is 0. The van der Waals surface area contributed by atoms with E-state index in [-0.39, 0.29) is 0 Å². The molecule has 0 rings (SSSR count). The van der Waals surface area contributed by atoms with Gasteiger partial charge in [-0.15, -0.1) is 0 Å². The second-order valence-corrected chi connectivity index (χ2v) is 2.32. The van der Waals surface area contributed by atoms with Crippen molar-refractivity contribution in [2.75, 3.05) is 34.7 Å². The second-order valence-electron chi connectivity index (χ2n) is 2.32. The maximum absolute atomic E-state index is 8.19. The average Bonchev–Trinajstić information content (AvgIpc) is 1.65. The molecule has 0 heterocycles. The number of nitrogens with zero attached hydrogens (tertiary/aromatic N) is 2. The van der Waals surface area contributed by atoms with Gasteiger partial charge in [-0.25, -0.2) is 0 Å². The van der Waals surface area contributed by atoms with E-state index in [2.05, 4.69) is 0 Å². The van der Waals surface area contributed by atoms with Crippen LogP contribution in [0.2, 0.25) is 0 Å². The molecular formula is C6H18N2O. The summed E-state index contributed by atoms with van der Waals surface area (Å²) in [6.45, 7) is 2.57. The Morgan fingerprint density at radius 3 is 1.22 bits per heavy atom. The maximum Gasteiger partial charge on any atom is 0.0206 e. The summed E-state index contributed by atoms with van der Waals surface area (Å²) in [6, 6.07) is 0. The molecule has 0 aromatic heterocycles. The summed E-state index contributed by atoms with van der Waals surface area (Å²) in [5.74, 6) is 0. The van der Waals surface area contributed by atoms with Crippen LogP contribution in [0.4, 0.5) is 0 Å². The van der Waals surface area contributed by atoms with Crippen molar-refractivity contribution in [1.29, 1.82) is 0 Å². The van der Waals surface area contributed by atoms with E-state index in [0.717, 1.165) is 5.06 Å². The van der Waals surface area contributed by atoms with Gasteiger partial charge in [0.1, 0.15) is 0 Å². The lowest BCUT2D eigenvalue weighted by Gasteiger charge is -1.98. The fraction of sp³-hybridized carbons (Fsp3) is 1.00. The third-order valence-electron chi connectivity index (χ3n) is 0.458. The van der Waals surface area contributed by atoms with E-state index in [1.165, 1.54) is 0 Å². The predicted molar refractivity (Wildman–Crippen MR) is 39.7 cm³/mol. The third kappa shape index (κ3) is 77.1. The number of hydrogen-bond donors (Lipinski definition) is 1. The number of hydroxylamine groups is 2. The third-order valence-corrected chi connectivity index (χ3v) is 0.458. The highest BCUT2D eigenvalue weighted by molar-refractivity contribution is 4.14. The van der Waals surface area contributed by atoms with Gasteiger partial charge in [0.05, 0.1) is 0 Å². The molecule has 0 aliphatic carbocycles. The minimum absolute atomic E-state index is 0.694. The summed E-state index contributed by atoms with van der Waals surface area (Å²) in [6.07, 6.45) is 0. The first-order chi connectivity index (χ1) is 4.00. The molecule has 9 heavy (non-hydrogen) atoms. The Bertz CT molecular complexity index is 43.6. The Hall–Kier alpha value is -0.120. The molecule has 0 radical (unpaired) electrons. The zero-order valence-corrected chi connectivity index (χ0v) is 7.05. The first-order valence-corrected chi connectivity index (χ1v) is 3.01. The molecule has 0 spiro atoms. The molecule has 0 bridgehead atoms. The molecule has 0 atom stereocenters. The van der Waals surface area contributed by atoms with Crippen LogP contribution < -0.4 is 0 Å². The highest BCUT2D eigenvalue weighted by Crippen LogP contribution is 1.62. The highest BCUT2D eigenvalue weighted by atomic mass is 16.5. The van der Waals surface area contributed by atoms with E-state index in [1.54, 1.807) is 7.05 Å². The molecule has 0 fully saturated rings. The molecule has 3 heteroatoms. The standard InChI is InChI=1S/C3H9NO.C3H9N/c1-3-4(2)5;1-4(2)3/h5H,3H2,1-2H3;1-3H3. The van der Waals surface area contributed by atoms with Crippen LogP contribution in [0.3, 0.4) is 0 Å². The summed E-state index contributed by atoms with van der Waals surface area (Å²) < 4.78 is 0. The van der Waals surface area contributed by atoms with Crippen molar-refractivity contribution < 1.29 is 5.21 Å². The first kappa shape index (κ1) is 11.6. The van der Waals surface area contributed by atoms with Gasteiger partial charge in [0, 0.05) is 13.6 Å². The maximum atomic E-state index is 8.19. The Morgan fingerprint density at radius 1 is 1.11 bits per heavy atom. The van der Waals surface area contributed by atoms with Crippen LogP contribution >= 0.6 is 0 Å². The van der Waals surface area contributed by atoms with Gasteiger partial charge in [-0.3, -0.25) is 0 Å². The average molecular weight is 134 g/mol. The van der Waals surface area contributed by atoms with Crippen molar-refractivity contribution in [2.24, 2.45) is 0 Å². The molecule has 0 aromatic carbocycles. The van der Waals surface area contributed by atoms with Gasteiger partial charge in [-0.1, -0.05) is 6.92 Å². The zero-order chi connectivity index (χ0) is 7.86. The fourth-order valence-electron chi connectivity index (χ4n) is 0. The van der Waals surface area contributed by atoms with Crippen molar-refractivity contribution in [3.8, 4) is 0 Å². The first-order valence-electron chi connectivity index (χ1n) is 3.01. The quantitative estimate of drug-likeness (QED) is 0.529. The van der Waals surface area contributed by atoms with Gasteiger partial charge in [-0.05, 0) is 21.1 Å². The monoisotopic (exact) mass is 134 g/mol. The lowest BCUT2D eigenvalue weighted by atomic mass is 10.8. The predicted octanol–water partition coefficient (Wildman–Crippen LogP) is 0.505. The highest BCUT2D eigenvalue weighted by Gasteiger charge is 1.74. The molecule has 0 aromatic rings. The molecule has 1 N–H and O–H groups in total. The SMILES string of the molecule is CCN(C)O.CN(C)C. The van der Waals surface area contributed by atoms with E-state index in [1.807, 2.05) is 33.0 Å². The lowest BCUT2D eigenvalue weighted by Crippen LogP contribution is -2.09. The zero-order valence-electron chi connectivity index (χ0n) is 7.05. The molecule has 0 saturated heterocycles. The minimum Gasteiger partial charge on any atom is -0.314 e. The molecule has 0 saturated carbocycles. The van der Waals surface area contributed by atoms with Gasteiger partial charge in [-0.2, -0.15) is 5.06 Å². The summed E-state index contributed by atoms with van der Waals surface area (Å²) in [5.41, 5.74) is 0. The van der Waals surface area contributed by atoms with E-state index in [9.17, 15) is 0 Å². The van der Waals surface area contributed by atoms with Crippen LogP contribution in [0.5, 0.6) is 0 Å². The molecule has 0 aliphatic rings. The van der Waals surface area contributed by atoms with Gasteiger partial charge in [0.2, 0.25) is 0 Å². The molecule has 0 amide bonds. The van der Waals surface area contributed by atoms with Crippen LogP contribution in [0.15, 0.2) is 0 Å². The van der Waals surface area contributed by atoms with E-state index in [4.69, 9.17) is 5.21 Å². The van der Waals surface area contributed by atoms with Crippen LogP contribution in [0, 0.1) is 0 Å².